The lowest BCUT2D eigenvalue weighted by Crippen LogP contribution is -2.43. The van der Waals surface area contributed by atoms with E-state index in [9.17, 15) is 44.1 Å². The number of carboxylic acid groups (broad SMARTS) is 4. The number of likely N-dealkylation sites (N-methyl/N-ethyl adjacent to an activating group) is 3. The highest BCUT2D eigenvalue weighted by molar-refractivity contribution is 5.82. The molecule has 0 unspecified atom stereocenters. The average molecular weight is 647 g/mol. The zero-order valence-electron chi connectivity index (χ0n) is 27.4. The minimum absolute atomic E-state index is 0.0166. The van der Waals surface area contributed by atoms with Crippen molar-refractivity contribution in [2.24, 2.45) is 0 Å². The summed E-state index contributed by atoms with van der Waals surface area (Å²) in [5.41, 5.74) is 0. The van der Waals surface area contributed by atoms with E-state index in [-0.39, 0.29) is 70.2 Å². The monoisotopic (exact) mass is 646 g/mol. The van der Waals surface area contributed by atoms with Crippen molar-refractivity contribution in [2.45, 2.75) is 32.6 Å². The first-order valence-corrected chi connectivity index (χ1v) is 15.2. The van der Waals surface area contributed by atoms with Gasteiger partial charge in [0.2, 0.25) is 0 Å². The number of Topliss-reactive ketones (excluding diaryl/α,β-unsaturated/α-hetero) is 2. The number of hydrogen-bond acceptors (Lipinski definition) is 12. The molecule has 260 valence electrons. The van der Waals surface area contributed by atoms with Crippen molar-refractivity contribution in [1.82, 2.24) is 29.4 Å². The van der Waals surface area contributed by atoms with Gasteiger partial charge in [-0.3, -0.25) is 53.3 Å². The summed E-state index contributed by atoms with van der Waals surface area (Å²) in [4.78, 5) is 80.2. The van der Waals surface area contributed by atoms with E-state index in [0.29, 0.717) is 65.2 Å². The number of rotatable bonds is 30. The number of nitrogens with zero attached hydrogens (tertiary/aromatic N) is 6. The van der Waals surface area contributed by atoms with Crippen LogP contribution in [0.5, 0.6) is 0 Å². The Balaban J connectivity index is 4.59. The third-order valence-corrected chi connectivity index (χ3v) is 7.02. The van der Waals surface area contributed by atoms with Gasteiger partial charge in [-0.15, -0.1) is 0 Å². The first-order chi connectivity index (χ1) is 21.1. The zero-order chi connectivity index (χ0) is 34.4. The predicted molar refractivity (Wildman–Crippen MR) is 167 cm³/mol. The molecule has 0 fully saturated rings. The van der Waals surface area contributed by atoms with Gasteiger partial charge < -0.3 is 25.3 Å². The van der Waals surface area contributed by atoms with Crippen LogP contribution in [0.1, 0.15) is 32.6 Å². The van der Waals surface area contributed by atoms with Gasteiger partial charge in [-0.25, -0.2) is 0 Å². The van der Waals surface area contributed by atoms with Crippen LogP contribution < -0.4 is 0 Å². The van der Waals surface area contributed by atoms with E-state index >= 15 is 0 Å². The fourth-order valence-electron chi connectivity index (χ4n) is 4.52. The van der Waals surface area contributed by atoms with Gasteiger partial charge in [0.1, 0.15) is 11.6 Å². The number of hydrogen-bond donors (Lipinski definition) is 4. The lowest BCUT2D eigenvalue weighted by molar-refractivity contribution is -0.140. The van der Waals surface area contributed by atoms with Crippen LogP contribution in [-0.4, -0.2) is 205 Å². The quantitative estimate of drug-likeness (QED) is 0.0673. The van der Waals surface area contributed by atoms with Gasteiger partial charge in [-0.2, -0.15) is 0 Å². The van der Waals surface area contributed by atoms with Crippen molar-refractivity contribution < 1.29 is 49.2 Å². The van der Waals surface area contributed by atoms with Crippen LogP contribution in [0.4, 0.5) is 0 Å². The van der Waals surface area contributed by atoms with Crippen molar-refractivity contribution in [1.29, 1.82) is 0 Å². The van der Waals surface area contributed by atoms with Crippen LogP contribution in [0, 0.1) is 0 Å². The summed E-state index contributed by atoms with van der Waals surface area (Å²) in [6, 6.07) is 0. The molecule has 0 bridgehead atoms. The maximum absolute atomic E-state index is 12.6. The molecule has 0 atom stereocenters. The minimum atomic E-state index is -1.08. The number of unbranched alkanes of at least 4 members (excludes halogenated alkanes) is 1. The summed E-state index contributed by atoms with van der Waals surface area (Å²) in [6.45, 7) is 4.91. The Morgan fingerprint density at radius 1 is 0.444 bits per heavy atom. The molecule has 0 spiro atoms. The molecule has 0 saturated carbocycles. The van der Waals surface area contributed by atoms with Crippen LogP contribution in [0.15, 0.2) is 0 Å². The number of ketones is 2. The smallest absolute Gasteiger partial charge is 0.317 e. The second-order valence-corrected chi connectivity index (χ2v) is 11.5. The number of carbonyl (C=O) groups is 6. The Hall–Kier alpha value is -3.02. The molecule has 0 aromatic carbocycles. The standard InChI is InChI=1S/C29H54N6O10/c1-5-32(20-26(38)39)14-15-34(22-28(42)43)13-11-31(4)18-24(36)8-6-7-9-25(37)19-35(23-29(44)45)17-16-33(21-27(40)41)12-10-30(2)3/h5-23H2,1-4H3,(H,38,39)(H,40,41)(H,42,43)(H,44,45). The van der Waals surface area contributed by atoms with Gasteiger partial charge in [-0.1, -0.05) is 6.92 Å². The third kappa shape index (κ3) is 24.9. The Morgan fingerprint density at radius 3 is 1.24 bits per heavy atom. The Morgan fingerprint density at radius 2 is 0.800 bits per heavy atom. The molecule has 16 nitrogen and oxygen atoms in total. The third-order valence-electron chi connectivity index (χ3n) is 7.02. The minimum Gasteiger partial charge on any atom is -0.480 e. The van der Waals surface area contributed by atoms with Gasteiger partial charge in [0.25, 0.3) is 0 Å². The molecule has 0 aromatic rings. The van der Waals surface area contributed by atoms with Crippen molar-refractivity contribution in [3.63, 3.8) is 0 Å². The molecule has 0 aliphatic rings. The lowest BCUT2D eigenvalue weighted by Gasteiger charge is -2.26. The molecule has 4 N–H and O–H groups in total. The van der Waals surface area contributed by atoms with Crippen LogP contribution in [0.3, 0.4) is 0 Å². The molecule has 0 rings (SSSR count). The lowest BCUT2D eigenvalue weighted by atomic mass is 10.1. The Kier molecular flexibility index (Phi) is 22.6. The second kappa shape index (κ2) is 24.2. The van der Waals surface area contributed by atoms with Crippen molar-refractivity contribution in [3.05, 3.63) is 0 Å². The maximum atomic E-state index is 12.6. The molecule has 0 radical (unpaired) electrons. The van der Waals surface area contributed by atoms with Gasteiger partial charge >= 0.3 is 23.9 Å². The molecule has 0 aliphatic heterocycles. The first-order valence-electron chi connectivity index (χ1n) is 15.2. The van der Waals surface area contributed by atoms with Gasteiger partial charge in [-0.05, 0) is 40.5 Å². The van der Waals surface area contributed by atoms with E-state index in [1.165, 1.54) is 4.90 Å². The molecule has 0 amide bonds. The van der Waals surface area contributed by atoms with Gasteiger partial charge in [0, 0.05) is 65.2 Å². The van der Waals surface area contributed by atoms with E-state index in [1.807, 2.05) is 25.9 Å². The summed E-state index contributed by atoms with van der Waals surface area (Å²) in [5.74, 6) is -4.17. The SMILES string of the molecule is CCN(CCN(CCN(C)CC(=O)CCCCC(=O)CN(CCN(CCN(C)C)CC(=O)O)CC(=O)O)CC(=O)O)CC(=O)O. The Bertz CT molecular complexity index is 935. The predicted octanol–water partition coefficient (Wildman–Crippen LogP) is -1.26. The van der Waals surface area contributed by atoms with Crippen molar-refractivity contribution in [2.75, 3.05) is 119 Å². The summed E-state index contributed by atoms with van der Waals surface area (Å²) in [5, 5.41) is 36.7. The first kappa shape index (κ1) is 42.0. The van der Waals surface area contributed by atoms with E-state index in [4.69, 9.17) is 5.11 Å². The Labute approximate surface area is 266 Å². The molecule has 0 saturated heterocycles. The highest BCUT2D eigenvalue weighted by Crippen LogP contribution is 2.05. The normalized spacial score (nSPS) is 11.8. The molecule has 0 aromatic heterocycles. The average Bonchev–Trinajstić information content (AvgIpc) is 2.92. The highest BCUT2D eigenvalue weighted by atomic mass is 16.4. The highest BCUT2D eigenvalue weighted by Gasteiger charge is 2.18. The molecular formula is C29H54N6O10. The van der Waals surface area contributed by atoms with E-state index in [2.05, 4.69) is 0 Å². The molecular weight excluding hydrogens is 592 g/mol. The molecule has 0 heterocycles. The number of carbonyl (C=O) groups excluding carboxylic acids is 2. The van der Waals surface area contributed by atoms with Crippen molar-refractivity contribution >= 4 is 35.4 Å². The molecule has 0 aliphatic carbocycles. The van der Waals surface area contributed by atoms with Crippen LogP contribution in [-0.2, 0) is 28.8 Å². The van der Waals surface area contributed by atoms with E-state index in [1.54, 1.807) is 26.6 Å². The summed E-state index contributed by atoms with van der Waals surface area (Å²) in [7, 11) is 5.50. The number of aliphatic carboxylic acids is 4. The maximum Gasteiger partial charge on any atom is 0.317 e. The van der Waals surface area contributed by atoms with E-state index in [0.717, 1.165) is 0 Å². The topological polar surface area (TPSA) is 203 Å². The fourth-order valence-corrected chi connectivity index (χ4v) is 4.52. The van der Waals surface area contributed by atoms with Gasteiger partial charge in [0.05, 0.1) is 39.3 Å². The van der Waals surface area contributed by atoms with E-state index < -0.39 is 23.9 Å². The van der Waals surface area contributed by atoms with Crippen LogP contribution >= 0.6 is 0 Å². The van der Waals surface area contributed by atoms with Crippen LogP contribution in [0.25, 0.3) is 0 Å². The largest absolute Gasteiger partial charge is 0.480 e. The van der Waals surface area contributed by atoms with Gasteiger partial charge in [0.15, 0.2) is 0 Å². The second-order valence-electron chi connectivity index (χ2n) is 11.5. The zero-order valence-corrected chi connectivity index (χ0v) is 27.4. The molecule has 45 heavy (non-hydrogen) atoms. The summed E-state index contributed by atoms with van der Waals surface area (Å²) in [6.07, 6.45) is 1.43. The summed E-state index contributed by atoms with van der Waals surface area (Å²) < 4.78 is 0. The van der Waals surface area contributed by atoms with Crippen LogP contribution in [0.2, 0.25) is 0 Å². The molecule has 16 heteroatoms. The number of carboxylic acids is 4. The fraction of sp³-hybridized carbons (Fsp3) is 0.793. The van der Waals surface area contributed by atoms with Crippen molar-refractivity contribution in [3.8, 4) is 0 Å². The summed E-state index contributed by atoms with van der Waals surface area (Å²) >= 11 is 0.